The molecule has 0 saturated carbocycles. The normalized spacial score (nSPS) is 11.1. The van der Waals surface area contributed by atoms with Gasteiger partial charge in [0.1, 0.15) is 5.82 Å². The molecule has 0 fully saturated rings. The first-order valence-corrected chi connectivity index (χ1v) is 14.6. The predicted molar refractivity (Wildman–Crippen MR) is 180 cm³/mol. The van der Waals surface area contributed by atoms with Crippen LogP contribution in [0.4, 0.5) is 5.69 Å². The fourth-order valence-corrected chi connectivity index (χ4v) is 5.83. The third-order valence-electron chi connectivity index (χ3n) is 8.05. The lowest BCUT2D eigenvalue weighted by atomic mass is 10.00. The molecule has 0 amide bonds. The molecule has 0 unspecified atom stereocenters. The smallest absolute Gasteiger partial charge is 0.187 e. The average molecular weight is 577 g/mol. The van der Waals surface area contributed by atoms with Gasteiger partial charge in [0.2, 0.25) is 0 Å². The molecule has 0 aliphatic carbocycles. The van der Waals surface area contributed by atoms with E-state index in [9.17, 15) is 0 Å². The van der Waals surface area contributed by atoms with Crippen LogP contribution < -0.4 is 0 Å². The van der Waals surface area contributed by atoms with E-state index in [1.54, 1.807) is 12.4 Å². The largest absolute Gasteiger partial charge is 0.292 e. The number of para-hydroxylation sites is 1. The molecule has 0 aliphatic heterocycles. The zero-order chi connectivity index (χ0) is 30.2. The summed E-state index contributed by atoms with van der Waals surface area (Å²) in [6.07, 6.45) is 7.30. The molecule has 0 bridgehead atoms. The van der Waals surface area contributed by atoms with E-state index in [2.05, 4.69) is 92.2 Å². The van der Waals surface area contributed by atoms with E-state index in [1.165, 1.54) is 5.39 Å². The zero-order valence-electron chi connectivity index (χ0n) is 24.0. The number of benzene rings is 3. The summed E-state index contributed by atoms with van der Waals surface area (Å²) in [5, 5.41) is 2.31. The lowest BCUT2D eigenvalue weighted by Crippen LogP contribution is -1.99. The molecule has 0 spiro atoms. The summed E-state index contributed by atoms with van der Waals surface area (Å²) in [5.74, 6) is 0.823. The molecule has 8 rings (SSSR count). The third-order valence-corrected chi connectivity index (χ3v) is 8.05. The molecule has 210 valence electrons. The molecule has 3 aromatic carbocycles. The fraction of sp³-hybridized carbons (Fsp3) is 0. The molecule has 0 saturated heterocycles. The highest BCUT2D eigenvalue weighted by molar-refractivity contribution is 6.08. The van der Waals surface area contributed by atoms with Crippen LogP contribution in [0.15, 0.2) is 146 Å². The van der Waals surface area contributed by atoms with E-state index < -0.39 is 0 Å². The number of fused-ring (bicyclic) bond motifs is 3. The Morgan fingerprint density at radius 1 is 0.489 bits per heavy atom. The van der Waals surface area contributed by atoms with Crippen LogP contribution in [-0.2, 0) is 0 Å². The van der Waals surface area contributed by atoms with Gasteiger partial charge in [-0.3, -0.25) is 14.5 Å². The lowest BCUT2D eigenvalue weighted by molar-refractivity contribution is 1.08. The Balaban J connectivity index is 1.25. The first-order chi connectivity index (χ1) is 22.2. The van der Waals surface area contributed by atoms with Crippen LogP contribution in [0, 0.1) is 6.57 Å². The SMILES string of the molecule is [C-]#[N+]c1ccc(-c2ccc(-c3cc(-c4cccc(-n5c6ccccc6c6ccncc65)n4)cc(-c4ccncc4)n3)cc2)cc1. The van der Waals surface area contributed by atoms with Crippen molar-refractivity contribution in [1.82, 2.24) is 24.5 Å². The third kappa shape index (κ3) is 4.79. The molecule has 0 N–H and O–H groups in total. The average Bonchev–Trinajstić information content (AvgIpc) is 3.46. The predicted octanol–water partition coefficient (Wildman–Crippen LogP) is 9.58. The van der Waals surface area contributed by atoms with Crippen molar-refractivity contribution in [2.75, 3.05) is 0 Å². The van der Waals surface area contributed by atoms with Gasteiger partial charge < -0.3 is 0 Å². The van der Waals surface area contributed by atoms with Crippen LogP contribution in [0.1, 0.15) is 0 Å². The van der Waals surface area contributed by atoms with Gasteiger partial charge in [-0.25, -0.2) is 14.8 Å². The van der Waals surface area contributed by atoms with Crippen LogP contribution >= 0.6 is 0 Å². The Hall–Kier alpha value is -6.45. The van der Waals surface area contributed by atoms with Gasteiger partial charge in [0.25, 0.3) is 0 Å². The highest BCUT2D eigenvalue weighted by atomic mass is 15.1. The second-order valence-corrected chi connectivity index (χ2v) is 10.7. The van der Waals surface area contributed by atoms with Crippen molar-refractivity contribution >= 4 is 27.5 Å². The second kappa shape index (κ2) is 11.0. The van der Waals surface area contributed by atoms with Gasteiger partial charge in [0, 0.05) is 46.1 Å². The number of pyridine rings is 4. The molecule has 0 atom stereocenters. The van der Waals surface area contributed by atoms with Crippen molar-refractivity contribution in [1.29, 1.82) is 0 Å². The first-order valence-electron chi connectivity index (χ1n) is 14.6. The molecule has 8 aromatic rings. The Morgan fingerprint density at radius 3 is 1.89 bits per heavy atom. The van der Waals surface area contributed by atoms with E-state index in [1.807, 2.05) is 60.9 Å². The molecular formula is C39H24N6. The number of aromatic nitrogens is 5. The van der Waals surface area contributed by atoms with E-state index in [-0.39, 0.29) is 0 Å². The van der Waals surface area contributed by atoms with Crippen LogP contribution in [0.3, 0.4) is 0 Å². The minimum atomic E-state index is 0.632. The molecular weight excluding hydrogens is 552 g/mol. The summed E-state index contributed by atoms with van der Waals surface area (Å²) in [7, 11) is 0. The van der Waals surface area contributed by atoms with Gasteiger partial charge in [-0.2, -0.15) is 0 Å². The van der Waals surface area contributed by atoms with E-state index in [4.69, 9.17) is 16.5 Å². The molecule has 0 aliphatic rings. The number of nitrogens with zero attached hydrogens (tertiary/aromatic N) is 6. The monoisotopic (exact) mass is 576 g/mol. The van der Waals surface area contributed by atoms with Crippen molar-refractivity contribution in [3.05, 3.63) is 158 Å². The Labute approximate surface area is 259 Å². The highest BCUT2D eigenvalue weighted by Gasteiger charge is 2.15. The van der Waals surface area contributed by atoms with Gasteiger partial charge >= 0.3 is 0 Å². The summed E-state index contributed by atoms with van der Waals surface area (Å²) in [6, 6.07) is 40.7. The molecule has 5 heterocycles. The Bertz CT molecular complexity index is 2310. The topological polar surface area (TPSA) is 60.9 Å². The van der Waals surface area contributed by atoms with Crippen molar-refractivity contribution in [2.45, 2.75) is 0 Å². The number of hydrogen-bond acceptors (Lipinski definition) is 4. The zero-order valence-corrected chi connectivity index (χ0v) is 24.0. The maximum Gasteiger partial charge on any atom is 0.187 e. The maximum atomic E-state index is 7.22. The lowest BCUT2D eigenvalue weighted by Gasteiger charge is -2.12. The van der Waals surface area contributed by atoms with Crippen molar-refractivity contribution in [3.8, 4) is 50.7 Å². The quantitative estimate of drug-likeness (QED) is 0.191. The summed E-state index contributed by atoms with van der Waals surface area (Å²) < 4.78 is 2.18. The van der Waals surface area contributed by atoms with Crippen LogP contribution in [0.2, 0.25) is 0 Å². The molecule has 6 heteroatoms. The minimum absolute atomic E-state index is 0.632. The van der Waals surface area contributed by atoms with Crippen LogP contribution in [-0.4, -0.2) is 24.5 Å². The standard InChI is InChI=1S/C39H24N6/c1-40-31-15-13-27(14-16-31)26-9-11-28(12-10-26)35-23-30(24-36(43-35)29-17-20-41-21-18-29)34-6-4-8-39(44-34)45-37-7-3-2-5-32(37)33-19-22-42-25-38(33)45/h2-25H. The number of rotatable bonds is 5. The van der Waals surface area contributed by atoms with Crippen molar-refractivity contribution in [2.24, 2.45) is 0 Å². The van der Waals surface area contributed by atoms with Gasteiger partial charge in [-0.15, -0.1) is 0 Å². The highest BCUT2D eigenvalue weighted by Crippen LogP contribution is 2.34. The van der Waals surface area contributed by atoms with Gasteiger partial charge in [-0.05, 0) is 59.7 Å². The summed E-state index contributed by atoms with van der Waals surface area (Å²) >= 11 is 0. The van der Waals surface area contributed by atoms with Crippen LogP contribution in [0.25, 0.3) is 77.4 Å². The molecule has 0 radical (unpaired) electrons. The summed E-state index contributed by atoms with van der Waals surface area (Å²) in [5.41, 5.74) is 10.4. The van der Waals surface area contributed by atoms with Gasteiger partial charge in [0.05, 0.1) is 40.9 Å². The first kappa shape index (κ1) is 26.2. The van der Waals surface area contributed by atoms with Gasteiger partial charge in [0.15, 0.2) is 5.69 Å². The summed E-state index contributed by atoms with van der Waals surface area (Å²) in [6.45, 7) is 7.22. The molecule has 6 nitrogen and oxygen atoms in total. The van der Waals surface area contributed by atoms with E-state index in [0.29, 0.717) is 5.69 Å². The van der Waals surface area contributed by atoms with Gasteiger partial charge in [-0.1, -0.05) is 72.8 Å². The summed E-state index contributed by atoms with van der Waals surface area (Å²) in [4.78, 5) is 22.4. The number of hydrogen-bond donors (Lipinski definition) is 0. The molecule has 5 aromatic heterocycles. The minimum Gasteiger partial charge on any atom is -0.292 e. The van der Waals surface area contributed by atoms with Crippen molar-refractivity contribution in [3.63, 3.8) is 0 Å². The van der Waals surface area contributed by atoms with E-state index in [0.717, 1.165) is 67.1 Å². The maximum absolute atomic E-state index is 7.22. The Morgan fingerprint density at radius 2 is 1.13 bits per heavy atom. The van der Waals surface area contributed by atoms with Crippen LogP contribution in [0.5, 0.6) is 0 Å². The van der Waals surface area contributed by atoms with Crippen molar-refractivity contribution < 1.29 is 0 Å². The fourth-order valence-electron chi connectivity index (χ4n) is 5.83. The Kier molecular flexibility index (Phi) is 6.40. The molecule has 45 heavy (non-hydrogen) atoms. The second-order valence-electron chi connectivity index (χ2n) is 10.7. The van der Waals surface area contributed by atoms with E-state index >= 15 is 0 Å².